The van der Waals surface area contributed by atoms with Crippen LogP contribution in [0, 0.1) is 0 Å². The van der Waals surface area contributed by atoms with E-state index in [1.54, 1.807) is 35.4 Å². The second-order valence-corrected chi connectivity index (χ2v) is 9.27. The smallest absolute Gasteiger partial charge is 0.258 e. The van der Waals surface area contributed by atoms with Crippen LogP contribution in [-0.2, 0) is 6.54 Å². The highest BCUT2D eigenvalue weighted by molar-refractivity contribution is 6.08. The molecule has 8 heteroatoms. The van der Waals surface area contributed by atoms with Gasteiger partial charge in [-0.2, -0.15) is 5.10 Å². The lowest BCUT2D eigenvalue weighted by atomic mass is 9.98. The summed E-state index contributed by atoms with van der Waals surface area (Å²) in [5.74, 6) is 0.200. The summed E-state index contributed by atoms with van der Waals surface area (Å²) < 4.78 is 1.81. The number of fused-ring (bicyclic) bond motifs is 1. The average molecular weight is 481 g/mol. The highest BCUT2D eigenvalue weighted by Gasteiger charge is 2.36. The van der Waals surface area contributed by atoms with Crippen molar-refractivity contribution in [1.29, 1.82) is 0 Å². The van der Waals surface area contributed by atoms with Crippen molar-refractivity contribution in [3.8, 4) is 0 Å². The zero-order valence-corrected chi connectivity index (χ0v) is 20.6. The molecule has 4 aromatic rings. The Hall–Kier alpha value is -4.33. The molecule has 0 fully saturated rings. The number of amides is 2. The summed E-state index contributed by atoms with van der Waals surface area (Å²) in [6.45, 7) is 4.90. The molecule has 0 saturated heterocycles. The van der Waals surface area contributed by atoms with Crippen molar-refractivity contribution in [1.82, 2.24) is 24.6 Å². The summed E-state index contributed by atoms with van der Waals surface area (Å²) in [5, 5.41) is 4.69. The first-order valence-electron chi connectivity index (χ1n) is 12.0. The van der Waals surface area contributed by atoms with Crippen LogP contribution in [0.4, 0.5) is 5.69 Å². The molecule has 2 aromatic heterocycles. The van der Waals surface area contributed by atoms with Gasteiger partial charge < -0.3 is 9.80 Å². The number of pyridine rings is 1. The number of anilines is 1. The Kier molecular flexibility index (Phi) is 6.33. The molecule has 0 aliphatic carbocycles. The maximum atomic E-state index is 13.4. The zero-order chi connectivity index (χ0) is 25.2. The molecule has 8 nitrogen and oxygen atoms in total. The van der Waals surface area contributed by atoms with Gasteiger partial charge >= 0.3 is 0 Å². The SMILES string of the molecule is CC(C)n1cnc([C@H]2CN(C(=O)c3ccccc3)c3ccc(C(=O)N(C)Cc4ccccn4)cc32)n1. The molecule has 0 N–H and O–H groups in total. The maximum Gasteiger partial charge on any atom is 0.258 e. The Morgan fingerprint density at radius 3 is 2.47 bits per heavy atom. The van der Waals surface area contributed by atoms with E-state index < -0.39 is 0 Å². The minimum Gasteiger partial charge on any atom is -0.336 e. The van der Waals surface area contributed by atoms with Crippen LogP contribution in [0.3, 0.4) is 0 Å². The Morgan fingerprint density at radius 2 is 1.78 bits per heavy atom. The van der Waals surface area contributed by atoms with Crippen LogP contribution < -0.4 is 4.90 Å². The summed E-state index contributed by atoms with van der Waals surface area (Å²) in [6, 6.07) is 20.6. The van der Waals surface area contributed by atoms with Gasteiger partial charge in [0.2, 0.25) is 0 Å². The highest BCUT2D eigenvalue weighted by Crippen LogP contribution is 2.40. The number of carbonyl (C=O) groups is 2. The lowest BCUT2D eigenvalue weighted by molar-refractivity contribution is 0.0783. The predicted octanol–water partition coefficient (Wildman–Crippen LogP) is 4.32. The molecule has 0 radical (unpaired) electrons. The molecule has 5 rings (SSSR count). The van der Waals surface area contributed by atoms with Gasteiger partial charge in [0.05, 0.1) is 18.2 Å². The maximum absolute atomic E-state index is 13.4. The Labute approximate surface area is 210 Å². The fraction of sp³-hybridized carbons (Fsp3) is 0.250. The minimum atomic E-state index is -0.235. The molecule has 0 saturated carbocycles. The third-order valence-electron chi connectivity index (χ3n) is 6.41. The lowest BCUT2D eigenvalue weighted by Crippen LogP contribution is -2.30. The van der Waals surface area contributed by atoms with Gasteiger partial charge in [0.15, 0.2) is 5.82 Å². The summed E-state index contributed by atoms with van der Waals surface area (Å²) >= 11 is 0. The van der Waals surface area contributed by atoms with Crippen molar-refractivity contribution in [2.75, 3.05) is 18.5 Å². The molecule has 2 aromatic carbocycles. The molecule has 36 heavy (non-hydrogen) atoms. The molecule has 3 heterocycles. The van der Waals surface area contributed by atoms with Crippen LogP contribution in [-0.4, -0.2) is 50.1 Å². The normalized spacial score (nSPS) is 14.7. The van der Waals surface area contributed by atoms with Crippen molar-refractivity contribution in [3.05, 3.63) is 107 Å². The first-order valence-corrected chi connectivity index (χ1v) is 12.0. The number of rotatable bonds is 6. The number of aromatic nitrogens is 4. The van der Waals surface area contributed by atoms with E-state index in [1.165, 1.54) is 0 Å². The summed E-state index contributed by atoms with van der Waals surface area (Å²) in [6.07, 6.45) is 3.44. The number of nitrogens with zero attached hydrogens (tertiary/aromatic N) is 6. The highest BCUT2D eigenvalue weighted by atomic mass is 16.2. The first kappa shape index (κ1) is 23.4. The minimum absolute atomic E-state index is 0.0889. The van der Waals surface area contributed by atoms with E-state index in [4.69, 9.17) is 0 Å². The average Bonchev–Trinajstić information content (AvgIpc) is 3.54. The zero-order valence-electron chi connectivity index (χ0n) is 20.6. The van der Waals surface area contributed by atoms with Gasteiger partial charge in [-0.1, -0.05) is 24.3 Å². The summed E-state index contributed by atoms with van der Waals surface area (Å²) in [4.78, 5) is 39.0. The molecule has 0 spiro atoms. The third kappa shape index (κ3) is 4.49. The van der Waals surface area contributed by atoms with E-state index in [-0.39, 0.29) is 23.8 Å². The van der Waals surface area contributed by atoms with Crippen molar-refractivity contribution < 1.29 is 9.59 Å². The monoisotopic (exact) mass is 480 g/mol. The van der Waals surface area contributed by atoms with Crippen LogP contribution in [0.1, 0.15) is 63.6 Å². The van der Waals surface area contributed by atoms with Gasteiger partial charge in [-0.25, -0.2) is 4.98 Å². The molecular weight excluding hydrogens is 452 g/mol. The molecule has 1 atom stereocenters. The van der Waals surface area contributed by atoms with Gasteiger partial charge in [-0.05, 0) is 61.9 Å². The topological polar surface area (TPSA) is 84.2 Å². The van der Waals surface area contributed by atoms with Gasteiger partial charge in [-0.15, -0.1) is 0 Å². The lowest BCUT2D eigenvalue weighted by Gasteiger charge is -2.19. The summed E-state index contributed by atoms with van der Waals surface area (Å²) in [5.41, 5.74) is 3.63. The standard InChI is InChI=1S/C28H28N6O2/c1-19(2)34-18-30-26(31-34)24-17-33(28(36)20-9-5-4-6-10-20)25-13-12-21(15-23(24)25)27(35)32(3)16-22-11-7-8-14-29-22/h4-15,18-19,24H,16-17H2,1-3H3/t24-/m0/s1. The van der Waals surface area contributed by atoms with E-state index >= 15 is 0 Å². The van der Waals surface area contributed by atoms with E-state index in [1.807, 2.05) is 79.2 Å². The van der Waals surface area contributed by atoms with Gasteiger partial charge in [0.1, 0.15) is 6.33 Å². The molecule has 0 unspecified atom stereocenters. The quantitative estimate of drug-likeness (QED) is 0.410. The molecular formula is C28H28N6O2. The van der Waals surface area contributed by atoms with E-state index in [2.05, 4.69) is 15.1 Å². The van der Waals surface area contributed by atoms with Crippen LogP contribution in [0.25, 0.3) is 0 Å². The molecule has 1 aliphatic heterocycles. The fourth-order valence-corrected chi connectivity index (χ4v) is 4.46. The number of hydrogen-bond donors (Lipinski definition) is 0. The van der Waals surface area contributed by atoms with Crippen LogP contribution in [0.2, 0.25) is 0 Å². The van der Waals surface area contributed by atoms with E-state index in [0.29, 0.717) is 30.0 Å². The van der Waals surface area contributed by atoms with Crippen molar-refractivity contribution >= 4 is 17.5 Å². The Morgan fingerprint density at radius 1 is 1.00 bits per heavy atom. The predicted molar refractivity (Wildman–Crippen MR) is 137 cm³/mol. The first-order chi connectivity index (χ1) is 17.4. The van der Waals surface area contributed by atoms with Gasteiger partial charge in [0, 0.05) is 42.6 Å². The number of carbonyl (C=O) groups excluding carboxylic acids is 2. The summed E-state index contributed by atoms with van der Waals surface area (Å²) in [7, 11) is 1.76. The number of hydrogen-bond acceptors (Lipinski definition) is 5. The Bertz CT molecular complexity index is 1380. The second kappa shape index (κ2) is 9.73. The van der Waals surface area contributed by atoms with Gasteiger partial charge in [0.25, 0.3) is 11.8 Å². The molecule has 0 bridgehead atoms. The van der Waals surface area contributed by atoms with Crippen molar-refractivity contribution in [2.24, 2.45) is 0 Å². The number of benzene rings is 2. The third-order valence-corrected chi connectivity index (χ3v) is 6.41. The van der Waals surface area contributed by atoms with Crippen LogP contribution in [0.15, 0.2) is 79.3 Å². The van der Waals surface area contributed by atoms with E-state index in [9.17, 15) is 9.59 Å². The molecule has 182 valence electrons. The Balaban J connectivity index is 1.50. The van der Waals surface area contributed by atoms with Gasteiger partial charge in [-0.3, -0.25) is 19.3 Å². The van der Waals surface area contributed by atoms with Crippen molar-refractivity contribution in [3.63, 3.8) is 0 Å². The fourth-order valence-electron chi connectivity index (χ4n) is 4.46. The molecule has 1 aliphatic rings. The largest absolute Gasteiger partial charge is 0.336 e. The van der Waals surface area contributed by atoms with Crippen LogP contribution in [0.5, 0.6) is 0 Å². The molecule has 2 amide bonds. The van der Waals surface area contributed by atoms with Crippen LogP contribution >= 0.6 is 0 Å². The van der Waals surface area contributed by atoms with E-state index in [0.717, 1.165) is 16.9 Å². The second-order valence-electron chi connectivity index (χ2n) is 9.27. The van der Waals surface area contributed by atoms with Crippen molar-refractivity contribution in [2.45, 2.75) is 32.4 Å².